The molecule has 0 radical (unpaired) electrons. The first-order chi connectivity index (χ1) is 10.0. The van der Waals surface area contributed by atoms with Crippen LogP contribution in [0.25, 0.3) is 0 Å². The highest BCUT2D eigenvalue weighted by molar-refractivity contribution is 5.72. The molecule has 1 fully saturated rings. The summed E-state index contributed by atoms with van der Waals surface area (Å²) in [4.78, 5) is 11.5. The van der Waals surface area contributed by atoms with Crippen molar-refractivity contribution in [3.8, 4) is 0 Å². The van der Waals surface area contributed by atoms with Crippen LogP contribution in [-0.4, -0.2) is 19.1 Å². The van der Waals surface area contributed by atoms with Gasteiger partial charge in [-0.15, -0.1) is 0 Å². The molecule has 1 aliphatic carbocycles. The van der Waals surface area contributed by atoms with Gasteiger partial charge in [-0.3, -0.25) is 4.79 Å². The van der Waals surface area contributed by atoms with Gasteiger partial charge in [0.2, 0.25) is 0 Å². The van der Waals surface area contributed by atoms with Crippen LogP contribution in [0.3, 0.4) is 0 Å². The smallest absolute Gasteiger partial charge is 0.308 e. The van der Waals surface area contributed by atoms with Gasteiger partial charge in [0.25, 0.3) is 0 Å². The summed E-state index contributed by atoms with van der Waals surface area (Å²) in [6, 6.07) is 5.02. The molecule has 0 aliphatic heterocycles. The van der Waals surface area contributed by atoms with Gasteiger partial charge < -0.3 is 10.1 Å². The molecular formula is C18H27NO2. The summed E-state index contributed by atoms with van der Waals surface area (Å²) in [6.07, 6.45) is 4.00. The van der Waals surface area contributed by atoms with Gasteiger partial charge in [-0.05, 0) is 63.1 Å². The molecule has 1 aliphatic rings. The summed E-state index contributed by atoms with van der Waals surface area (Å²) in [5.74, 6) is 0.0644. The van der Waals surface area contributed by atoms with Crippen LogP contribution in [0.5, 0.6) is 0 Å². The number of carbonyl (C=O) groups is 1. The Morgan fingerprint density at radius 2 is 1.71 bits per heavy atom. The SMILES string of the molecule is COC(=O)C1CCC(NCc2c(C)cc(C)cc2C)CC1. The molecule has 0 unspecified atom stereocenters. The van der Waals surface area contributed by atoms with E-state index >= 15 is 0 Å². The summed E-state index contributed by atoms with van der Waals surface area (Å²) in [5, 5.41) is 3.66. The first kappa shape index (κ1) is 16.0. The zero-order valence-corrected chi connectivity index (χ0v) is 13.7. The number of hydrogen-bond acceptors (Lipinski definition) is 3. The third kappa shape index (κ3) is 4.07. The highest BCUT2D eigenvalue weighted by Gasteiger charge is 2.26. The van der Waals surface area contributed by atoms with Gasteiger partial charge in [0.1, 0.15) is 0 Å². The lowest BCUT2D eigenvalue weighted by atomic mass is 9.86. The fourth-order valence-corrected chi connectivity index (χ4v) is 3.44. The molecule has 21 heavy (non-hydrogen) atoms. The summed E-state index contributed by atoms with van der Waals surface area (Å²) in [5.41, 5.74) is 5.47. The Morgan fingerprint density at radius 3 is 2.24 bits per heavy atom. The number of methoxy groups -OCH3 is 1. The zero-order chi connectivity index (χ0) is 15.4. The standard InChI is InChI=1S/C18H27NO2/c1-12-9-13(2)17(14(3)10-12)11-19-16-7-5-15(6-8-16)18(20)21-4/h9-10,15-16,19H,5-8,11H2,1-4H3. The van der Waals surface area contributed by atoms with E-state index < -0.39 is 0 Å². The molecule has 2 rings (SSSR count). The predicted octanol–water partition coefficient (Wildman–Crippen LogP) is 3.43. The van der Waals surface area contributed by atoms with Gasteiger partial charge in [0.05, 0.1) is 13.0 Å². The lowest BCUT2D eigenvalue weighted by Gasteiger charge is -2.28. The number of ether oxygens (including phenoxy) is 1. The number of hydrogen-bond donors (Lipinski definition) is 1. The minimum Gasteiger partial charge on any atom is -0.469 e. The molecule has 1 aromatic carbocycles. The number of esters is 1. The van der Waals surface area contributed by atoms with Crippen molar-refractivity contribution in [2.45, 2.75) is 59.0 Å². The monoisotopic (exact) mass is 289 g/mol. The second-order valence-corrected chi connectivity index (χ2v) is 6.33. The van der Waals surface area contributed by atoms with Crippen LogP contribution in [0.1, 0.15) is 47.9 Å². The highest BCUT2D eigenvalue weighted by Crippen LogP contribution is 2.26. The molecule has 3 nitrogen and oxygen atoms in total. The van der Waals surface area contributed by atoms with Crippen molar-refractivity contribution < 1.29 is 9.53 Å². The molecule has 0 bridgehead atoms. The van der Waals surface area contributed by atoms with Gasteiger partial charge in [0.15, 0.2) is 0 Å². The van der Waals surface area contributed by atoms with E-state index in [9.17, 15) is 4.79 Å². The first-order valence-electron chi connectivity index (χ1n) is 7.89. The van der Waals surface area contributed by atoms with Crippen LogP contribution in [-0.2, 0) is 16.1 Å². The maximum absolute atomic E-state index is 11.5. The van der Waals surface area contributed by atoms with Gasteiger partial charge in [-0.2, -0.15) is 0 Å². The average molecular weight is 289 g/mol. The Morgan fingerprint density at radius 1 is 1.14 bits per heavy atom. The summed E-state index contributed by atoms with van der Waals surface area (Å²) >= 11 is 0. The van der Waals surface area contributed by atoms with Crippen LogP contribution in [0.4, 0.5) is 0 Å². The third-order valence-electron chi connectivity index (χ3n) is 4.67. The molecular weight excluding hydrogens is 262 g/mol. The van der Waals surface area contributed by atoms with Gasteiger partial charge in [0, 0.05) is 12.6 Å². The van der Waals surface area contributed by atoms with Crippen LogP contribution in [0.15, 0.2) is 12.1 Å². The third-order valence-corrected chi connectivity index (χ3v) is 4.67. The quantitative estimate of drug-likeness (QED) is 0.863. The van der Waals surface area contributed by atoms with E-state index in [0.717, 1.165) is 32.2 Å². The molecule has 0 aromatic heterocycles. The van der Waals surface area contributed by atoms with Gasteiger partial charge >= 0.3 is 5.97 Å². The Hall–Kier alpha value is -1.35. The van der Waals surface area contributed by atoms with E-state index in [1.807, 2.05) is 0 Å². The van der Waals surface area contributed by atoms with E-state index in [-0.39, 0.29) is 11.9 Å². The number of rotatable bonds is 4. The number of aryl methyl sites for hydroxylation is 3. The molecule has 1 N–H and O–H groups in total. The van der Waals surface area contributed by atoms with Crippen molar-refractivity contribution in [3.63, 3.8) is 0 Å². The molecule has 0 spiro atoms. The molecule has 0 atom stereocenters. The predicted molar refractivity (Wildman–Crippen MR) is 85.3 cm³/mol. The summed E-state index contributed by atoms with van der Waals surface area (Å²) in [6.45, 7) is 7.44. The summed E-state index contributed by atoms with van der Waals surface area (Å²) < 4.78 is 4.84. The molecule has 0 amide bonds. The Kier molecular flexibility index (Phi) is 5.40. The molecule has 1 aromatic rings. The van der Waals surface area contributed by atoms with Crippen molar-refractivity contribution in [2.75, 3.05) is 7.11 Å². The van der Waals surface area contributed by atoms with Crippen LogP contribution in [0.2, 0.25) is 0 Å². The van der Waals surface area contributed by atoms with Crippen LogP contribution >= 0.6 is 0 Å². The number of carbonyl (C=O) groups excluding carboxylic acids is 1. The minimum atomic E-state index is -0.0429. The van der Waals surface area contributed by atoms with Crippen molar-refractivity contribution in [2.24, 2.45) is 5.92 Å². The molecule has 0 heterocycles. The van der Waals surface area contributed by atoms with E-state index in [4.69, 9.17) is 4.74 Å². The van der Waals surface area contributed by atoms with Crippen LogP contribution in [0, 0.1) is 26.7 Å². The molecule has 116 valence electrons. The Bertz CT molecular complexity index is 479. The van der Waals surface area contributed by atoms with Gasteiger partial charge in [-0.25, -0.2) is 0 Å². The Balaban J connectivity index is 1.87. The minimum absolute atomic E-state index is 0.0429. The maximum Gasteiger partial charge on any atom is 0.308 e. The second-order valence-electron chi connectivity index (χ2n) is 6.33. The average Bonchev–Trinajstić information content (AvgIpc) is 2.46. The van der Waals surface area contributed by atoms with Crippen molar-refractivity contribution in [3.05, 3.63) is 34.4 Å². The van der Waals surface area contributed by atoms with E-state index in [0.29, 0.717) is 6.04 Å². The molecule has 3 heteroatoms. The zero-order valence-electron chi connectivity index (χ0n) is 13.7. The highest BCUT2D eigenvalue weighted by atomic mass is 16.5. The van der Waals surface area contributed by atoms with Crippen molar-refractivity contribution >= 4 is 5.97 Å². The molecule has 1 saturated carbocycles. The number of nitrogens with one attached hydrogen (secondary N) is 1. The Labute approximate surface area is 128 Å². The first-order valence-corrected chi connectivity index (χ1v) is 7.89. The van der Waals surface area contributed by atoms with E-state index in [2.05, 4.69) is 38.2 Å². The fourth-order valence-electron chi connectivity index (χ4n) is 3.44. The maximum atomic E-state index is 11.5. The van der Waals surface area contributed by atoms with Crippen molar-refractivity contribution in [1.82, 2.24) is 5.32 Å². The summed E-state index contributed by atoms with van der Waals surface area (Å²) in [7, 11) is 1.48. The lowest BCUT2D eigenvalue weighted by molar-refractivity contribution is -0.146. The lowest BCUT2D eigenvalue weighted by Crippen LogP contribution is -2.35. The van der Waals surface area contributed by atoms with E-state index in [1.54, 1.807) is 0 Å². The second kappa shape index (κ2) is 7.08. The fraction of sp³-hybridized carbons (Fsp3) is 0.611. The van der Waals surface area contributed by atoms with Crippen molar-refractivity contribution in [1.29, 1.82) is 0 Å². The van der Waals surface area contributed by atoms with Crippen LogP contribution < -0.4 is 5.32 Å². The topological polar surface area (TPSA) is 38.3 Å². The normalized spacial score (nSPS) is 22.1. The number of benzene rings is 1. The molecule has 0 saturated heterocycles. The van der Waals surface area contributed by atoms with Gasteiger partial charge in [-0.1, -0.05) is 17.7 Å². The largest absolute Gasteiger partial charge is 0.469 e. The van der Waals surface area contributed by atoms with E-state index in [1.165, 1.54) is 29.4 Å².